The molecule has 4 heteroatoms. The fraction of sp³-hybridized carbons (Fsp3) is 0.500. The number of aryl methyl sites for hydroxylation is 1. The number of rotatable bonds is 5. The molecule has 1 aromatic heterocycles. The van der Waals surface area contributed by atoms with Gasteiger partial charge in [-0.1, -0.05) is 44.2 Å². The van der Waals surface area contributed by atoms with Crippen molar-refractivity contribution >= 4 is 11.6 Å². The largest absolute Gasteiger partial charge is 0.296 e. The van der Waals surface area contributed by atoms with Crippen LogP contribution in [0.1, 0.15) is 51.4 Å². The zero-order chi connectivity index (χ0) is 14.8. The van der Waals surface area contributed by atoms with E-state index in [-0.39, 0.29) is 5.54 Å². The highest BCUT2D eigenvalue weighted by molar-refractivity contribution is 6.28. The zero-order valence-corrected chi connectivity index (χ0v) is 13.4. The molecule has 0 aliphatic carbocycles. The van der Waals surface area contributed by atoms with E-state index in [1.54, 1.807) is 0 Å². The Hall–Kier alpha value is -1.35. The van der Waals surface area contributed by atoms with Crippen molar-refractivity contribution in [1.29, 1.82) is 0 Å². The summed E-state index contributed by atoms with van der Waals surface area (Å²) in [4.78, 5) is 0. The van der Waals surface area contributed by atoms with Crippen LogP contribution >= 0.6 is 11.6 Å². The topological polar surface area (TPSA) is 30.7 Å². The van der Waals surface area contributed by atoms with Crippen molar-refractivity contribution < 1.29 is 0 Å². The van der Waals surface area contributed by atoms with Gasteiger partial charge in [0.25, 0.3) is 0 Å². The van der Waals surface area contributed by atoms with E-state index in [9.17, 15) is 0 Å². The predicted molar refractivity (Wildman–Crippen MR) is 83.2 cm³/mol. The summed E-state index contributed by atoms with van der Waals surface area (Å²) in [5, 5.41) is 8.73. The number of benzene rings is 1. The molecule has 1 aromatic carbocycles. The Kier molecular flexibility index (Phi) is 4.48. The normalized spacial score (nSPS) is 12.1. The van der Waals surface area contributed by atoms with E-state index < -0.39 is 0 Å². The molecule has 2 aromatic rings. The van der Waals surface area contributed by atoms with E-state index in [1.165, 1.54) is 5.56 Å². The molecule has 0 aliphatic heterocycles. The van der Waals surface area contributed by atoms with Crippen LogP contribution in [0.3, 0.4) is 0 Å². The molecule has 3 nitrogen and oxygen atoms in total. The molecule has 1 heterocycles. The number of nitrogens with zero attached hydrogens (tertiary/aromatic N) is 3. The van der Waals surface area contributed by atoms with E-state index in [2.05, 4.69) is 66.7 Å². The molecule has 20 heavy (non-hydrogen) atoms. The highest BCUT2D eigenvalue weighted by Crippen LogP contribution is 2.29. The summed E-state index contributed by atoms with van der Waals surface area (Å²) >= 11 is 6.24. The van der Waals surface area contributed by atoms with Gasteiger partial charge in [0, 0.05) is 11.5 Å². The van der Waals surface area contributed by atoms with Gasteiger partial charge in [0.15, 0.2) is 0 Å². The summed E-state index contributed by atoms with van der Waals surface area (Å²) in [6.45, 7) is 8.61. The van der Waals surface area contributed by atoms with Gasteiger partial charge in [-0.15, -0.1) is 10.2 Å². The summed E-state index contributed by atoms with van der Waals surface area (Å²) in [6.07, 6.45) is 2.01. The molecule has 0 spiro atoms. The first-order chi connectivity index (χ1) is 9.42. The predicted octanol–water partition coefficient (Wildman–Crippen LogP) is 4.42. The minimum atomic E-state index is -0.101. The van der Waals surface area contributed by atoms with Crippen molar-refractivity contribution in [3.63, 3.8) is 0 Å². The van der Waals surface area contributed by atoms with Crippen LogP contribution in [0.15, 0.2) is 30.3 Å². The third-order valence-corrected chi connectivity index (χ3v) is 3.88. The molecule has 0 saturated heterocycles. The van der Waals surface area contributed by atoms with Gasteiger partial charge in [-0.05, 0) is 43.9 Å². The van der Waals surface area contributed by atoms with Crippen molar-refractivity contribution in [3.8, 4) is 0 Å². The number of hydrogen-bond donors (Lipinski definition) is 0. The highest BCUT2D eigenvalue weighted by atomic mass is 35.5. The van der Waals surface area contributed by atoms with Crippen LogP contribution in [0.5, 0.6) is 0 Å². The smallest absolute Gasteiger partial charge is 0.225 e. The fourth-order valence-electron chi connectivity index (χ4n) is 2.42. The Morgan fingerprint density at radius 2 is 1.80 bits per heavy atom. The van der Waals surface area contributed by atoms with E-state index >= 15 is 0 Å². The number of aromatic nitrogens is 3. The SMILES string of the molecule is CC(C)c1nnc(Cl)n1C(C)(C)CCc1ccccc1. The van der Waals surface area contributed by atoms with Gasteiger partial charge in [0.2, 0.25) is 5.28 Å². The lowest BCUT2D eigenvalue weighted by Crippen LogP contribution is -2.29. The van der Waals surface area contributed by atoms with Crippen LogP contribution in [0.2, 0.25) is 5.28 Å². The molecule has 2 rings (SSSR count). The highest BCUT2D eigenvalue weighted by Gasteiger charge is 2.27. The molecule has 0 N–H and O–H groups in total. The van der Waals surface area contributed by atoms with Crippen LogP contribution in [0, 0.1) is 0 Å². The second-order valence-electron chi connectivity index (χ2n) is 6.12. The van der Waals surface area contributed by atoms with Gasteiger partial charge < -0.3 is 0 Å². The molecule has 0 atom stereocenters. The van der Waals surface area contributed by atoms with Crippen LogP contribution in [-0.4, -0.2) is 14.8 Å². The van der Waals surface area contributed by atoms with E-state index in [4.69, 9.17) is 11.6 Å². The maximum atomic E-state index is 6.24. The van der Waals surface area contributed by atoms with E-state index in [1.807, 2.05) is 6.07 Å². The first-order valence-electron chi connectivity index (χ1n) is 7.07. The Bertz CT molecular complexity index is 558. The lowest BCUT2D eigenvalue weighted by Gasteiger charge is -2.29. The van der Waals surface area contributed by atoms with Crippen molar-refractivity contribution in [3.05, 3.63) is 47.0 Å². The Balaban J connectivity index is 2.20. The van der Waals surface area contributed by atoms with E-state index in [0.717, 1.165) is 18.7 Å². The molecule has 0 amide bonds. The molecule has 108 valence electrons. The summed E-state index contributed by atoms with van der Waals surface area (Å²) in [7, 11) is 0. The maximum absolute atomic E-state index is 6.24. The minimum absolute atomic E-state index is 0.101. The molecule has 0 saturated carbocycles. The van der Waals surface area contributed by atoms with Gasteiger partial charge >= 0.3 is 0 Å². The second kappa shape index (κ2) is 5.96. The maximum Gasteiger partial charge on any atom is 0.225 e. The van der Waals surface area contributed by atoms with Crippen LogP contribution in [-0.2, 0) is 12.0 Å². The van der Waals surface area contributed by atoms with Gasteiger partial charge in [-0.2, -0.15) is 0 Å². The summed E-state index contributed by atoms with van der Waals surface area (Å²) in [5.41, 5.74) is 1.24. The summed E-state index contributed by atoms with van der Waals surface area (Å²) < 4.78 is 2.07. The van der Waals surface area contributed by atoms with Gasteiger partial charge in [0.05, 0.1) is 0 Å². The van der Waals surface area contributed by atoms with Crippen molar-refractivity contribution in [2.75, 3.05) is 0 Å². The standard InChI is InChI=1S/C16H22ClN3/c1-12(2)14-18-19-15(17)20(14)16(3,4)11-10-13-8-6-5-7-9-13/h5-9,12H,10-11H2,1-4H3. The molecule has 0 radical (unpaired) electrons. The van der Waals surface area contributed by atoms with Gasteiger partial charge in [-0.25, -0.2) is 0 Å². The monoisotopic (exact) mass is 291 g/mol. The molecule has 0 aliphatic rings. The van der Waals surface area contributed by atoms with Crippen molar-refractivity contribution in [2.24, 2.45) is 0 Å². The van der Waals surface area contributed by atoms with Crippen molar-refractivity contribution in [1.82, 2.24) is 14.8 Å². The number of hydrogen-bond acceptors (Lipinski definition) is 2. The zero-order valence-electron chi connectivity index (χ0n) is 12.6. The van der Waals surface area contributed by atoms with Crippen molar-refractivity contribution in [2.45, 2.75) is 52.0 Å². The fourth-order valence-corrected chi connectivity index (χ4v) is 2.77. The average molecular weight is 292 g/mol. The molecular formula is C16H22ClN3. The van der Waals surface area contributed by atoms with Crippen LogP contribution < -0.4 is 0 Å². The lowest BCUT2D eigenvalue weighted by molar-refractivity contribution is 0.314. The number of halogens is 1. The average Bonchev–Trinajstić information content (AvgIpc) is 2.81. The Morgan fingerprint density at radius 1 is 1.15 bits per heavy atom. The van der Waals surface area contributed by atoms with Gasteiger partial charge in [0.1, 0.15) is 5.82 Å². The molecule has 0 fully saturated rings. The second-order valence-corrected chi connectivity index (χ2v) is 6.45. The Morgan fingerprint density at radius 3 is 2.40 bits per heavy atom. The van der Waals surface area contributed by atoms with E-state index in [0.29, 0.717) is 11.2 Å². The lowest BCUT2D eigenvalue weighted by atomic mass is 9.94. The Labute approximate surface area is 126 Å². The summed E-state index contributed by atoms with van der Waals surface area (Å²) in [5.74, 6) is 1.26. The summed E-state index contributed by atoms with van der Waals surface area (Å²) in [6, 6.07) is 10.5. The molecular weight excluding hydrogens is 270 g/mol. The van der Waals surface area contributed by atoms with Crippen LogP contribution in [0.25, 0.3) is 0 Å². The van der Waals surface area contributed by atoms with Gasteiger partial charge in [-0.3, -0.25) is 4.57 Å². The van der Waals surface area contributed by atoms with Crippen LogP contribution in [0.4, 0.5) is 0 Å². The third kappa shape index (κ3) is 3.21. The molecule has 0 bridgehead atoms. The third-order valence-electron chi connectivity index (χ3n) is 3.64. The molecule has 0 unspecified atom stereocenters. The quantitative estimate of drug-likeness (QED) is 0.816. The first kappa shape index (κ1) is 15.0. The first-order valence-corrected chi connectivity index (χ1v) is 7.45. The minimum Gasteiger partial charge on any atom is -0.296 e.